The van der Waals surface area contributed by atoms with Crippen molar-refractivity contribution in [2.45, 2.75) is 19.9 Å². The number of halogens is 1. The van der Waals surface area contributed by atoms with E-state index in [1.807, 2.05) is 44.2 Å². The van der Waals surface area contributed by atoms with Crippen LogP contribution in [-0.4, -0.2) is 16.7 Å². The molecule has 1 aromatic carbocycles. The molecule has 1 aromatic heterocycles. The number of fused-ring (bicyclic) bond motifs is 1. The minimum atomic E-state index is -0.343. The predicted octanol–water partition coefficient (Wildman–Crippen LogP) is 2.67. The lowest BCUT2D eigenvalue weighted by Gasteiger charge is -2.30. The molecule has 2 aromatic rings. The standard InChI is InChI=1S/C14H18N2O.ClH/c1-14(2,9-17)13(15)11-7-8-16-12-6-4-3-5-10(11)12;/h3-8,13,17H,9,15H2,1-2H3;1H/t13-;/m1./s1. The van der Waals surface area contributed by atoms with Gasteiger partial charge in [-0.15, -0.1) is 12.4 Å². The second-order valence-corrected chi connectivity index (χ2v) is 5.04. The zero-order valence-electron chi connectivity index (χ0n) is 10.6. The van der Waals surface area contributed by atoms with Crippen molar-refractivity contribution in [2.24, 2.45) is 11.1 Å². The van der Waals surface area contributed by atoms with Gasteiger partial charge in [-0.1, -0.05) is 32.0 Å². The summed E-state index contributed by atoms with van der Waals surface area (Å²) in [6.07, 6.45) is 1.77. The Morgan fingerprint density at radius 3 is 2.61 bits per heavy atom. The van der Waals surface area contributed by atoms with Gasteiger partial charge in [0.05, 0.1) is 5.52 Å². The third kappa shape index (κ3) is 2.64. The Bertz CT molecular complexity index is 523. The number of rotatable bonds is 3. The molecule has 0 unspecified atom stereocenters. The average molecular weight is 267 g/mol. The van der Waals surface area contributed by atoms with Gasteiger partial charge in [0.1, 0.15) is 0 Å². The molecular formula is C14H19ClN2O. The van der Waals surface area contributed by atoms with E-state index in [0.717, 1.165) is 16.5 Å². The van der Waals surface area contributed by atoms with Crippen molar-refractivity contribution >= 4 is 23.3 Å². The Balaban J connectivity index is 0.00000162. The molecule has 0 saturated heterocycles. The molecular weight excluding hydrogens is 248 g/mol. The second-order valence-electron chi connectivity index (χ2n) is 5.04. The zero-order chi connectivity index (χ0) is 12.5. The number of aliphatic hydroxyl groups excluding tert-OH is 1. The van der Waals surface area contributed by atoms with Gasteiger partial charge in [-0.25, -0.2) is 0 Å². The number of nitrogens with zero attached hydrogens (tertiary/aromatic N) is 1. The number of benzene rings is 1. The van der Waals surface area contributed by atoms with Crippen LogP contribution in [0.3, 0.4) is 0 Å². The molecule has 98 valence electrons. The van der Waals surface area contributed by atoms with Crippen molar-refractivity contribution < 1.29 is 5.11 Å². The molecule has 0 aliphatic carbocycles. The second kappa shape index (κ2) is 5.65. The molecule has 4 heteroatoms. The van der Waals surface area contributed by atoms with E-state index in [1.54, 1.807) is 6.20 Å². The smallest absolute Gasteiger partial charge is 0.0705 e. The molecule has 1 heterocycles. The van der Waals surface area contributed by atoms with Gasteiger partial charge in [0.2, 0.25) is 0 Å². The van der Waals surface area contributed by atoms with Crippen LogP contribution in [0.1, 0.15) is 25.5 Å². The predicted molar refractivity (Wildman–Crippen MR) is 76.8 cm³/mol. The van der Waals surface area contributed by atoms with Crippen molar-refractivity contribution in [3.63, 3.8) is 0 Å². The summed E-state index contributed by atoms with van der Waals surface area (Å²) >= 11 is 0. The van der Waals surface area contributed by atoms with Crippen LogP contribution in [0.4, 0.5) is 0 Å². The molecule has 0 amide bonds. The minimum absolute atomic E-state index is 0. The highest BCUT2D eigenvalue weighted by Crippen LogP contribution is 2.33. The van der Waals surface area contributed by atoms with E-state index in [2.05, 4.69) is 4.98 Å². The third-order valence-corrected chi connectivity index (χ3v) is 3.27. The van der Waals surface area contributed by atoms with Crippen molar-refractivity contribution in [3.05, 3.63) is 42.1 Å². The fourth-order valence-corrected chi connectivity index (χ4v) is 1.91. The first-order chi connectivity index (χ1) is 8.06. The topological polar surface area (TPSA) is 59.1 Å². The lowest BCUT2D eigenvalue weighted by Crippen LogP contribution is -2.32. The number of nitrogens with two attached hydrogens (primary N) is 1. The Morgan fingerprint density at radius 1 is 1.28 bits per heavy atom. The van der Waals surface area contributed by atoms with Gasteiger partial charge in [0, 0.05) is 29.6 Å². The van der Waals surface area contributed by atoms with Crippen LogP contribution in [-0.2, 0) is 0 Å². The first-order valence-electron chi connectivity index (χ1n) is 5.76. The van der Waals surface area contributed by atoms with Gasteiger partial charge in [0.15, 0.2) is 0 Å². The summed E-state index contributed by atoms with van der Waals surface area (Å²) in [5, 5.41) is 10.5. The van der Waals surface area contributed by atoms with Gasteiger partial charge in [-0.3, -0.25) is 4.98 Å². The number of aromatic nitrogens is 1. The zero-order valence-corrected chi connectivity index (χ0v) is 11.4. The Labute approximate surface area is 113 Å². The summed E-state index contributed by atoms with van der Waals surface area (Å²) in [5.41, 5.74) is 7.89. The summed E-state index contributed by atoms with van der Waals surface area (Å²) in [7, 11) is 0. The first-order valence-corrected chi connectivity index (χ1v) is 5.76. The molecule has 0 aliphatic rings. The van der Waals surface area contributed by atoms with Crippen molar-refractivity contribution in [1.29, 1.82) is 0 Å². The minimum Gasteiger partial charge on any atom is -0.396 e. The molecule has 18 heavy (non-hydrogen) atoms. The SMILES string of the molecule is CC(C)(CO)[C@H](N)c1ccnc2ccccc12.Cl. The highest BCUT2D eigenvalue weighted by atomic mass is 35.5. The Kier molecular flexibility index (Phi) is 4.68. The quantitative estimate of drug-likeness (QED) is 0.898. The van der Waals surface area contributed by atoms with Gasteiger partial charge >= 0.3 is 0 Å². The molecule has 2 rings (SSSR count). The lowest BCUT2D eigenvalue weighted by molar-refractivity contribution is 0.133. The van der Waals surface area contributed by atoms with E-state index in [0.29, 0.717) is 0 Å². The van der Waals surface area contributed by atoms with E-state index < -0.39 is 0 Å². The molecule has 0 aliphatic heterocycles. The van der Waals surface area contributed by atoms with Crippen LogP contribution < -0.4 is 5.73 Å². The molecule has 0 radical (unpaired) electrons. The van der Waals surface area contributed by atoms with Crippen LogP contribution in [0.2, 0.25) is 0 Å². The summed E-state index contributed by atoms with van der Waals surface area (Å²) in [6, 6.07) is 9.65. The molecule has 3 N–H and O–H groups in total. The van der Waals surface area contributed by atoms with Gasteiger partial charge in [-0.2, -0.15) is 0 Å². The summed E-state index contributed by atoms with van der Waals surface area (Å²) in [4.78, 5) is 4.31. The van der Waals surface area contributed by atoms with Crippen LogP contribution in [0.15, 0.2) is 36.5 Å². The Hall–Kier alpha value is -1.16. The largest absolute Gasteiger partial charge is 0.396 e. The highest BCUT2D eigenvalue weighted by molar-refractivity contribution is 5.85. The Morgan fingerprint density at radius 2 is 1.94 bits per heavy atom. The monoisotopic (exact) mass is 266 g/mol. The molecule has 0 spiro atoms. The lowest BCUT2D eigenvalue weighted by atomic mass is 9.81. The van der Waals surface area contributed by atoms with Crippen molar-refractivity contribution in [1.82, 2.24) is 4.98 Å². The molecule has 0 bridgehead atoms. The van der Waals surface area contributed by atoms with Crippen molar-refractivity contribution in [2.75, 3.05) is 6.61 Å². The van der Waals surface area contributed by atoms with E-state index in [1.165, 1.54) is 0 Å². The molecule has 0 saturated carbocycles. The van der Waals surface area contributed by atoms with Crippen LogP contribution >= 0.6 is 12.4 Å². The number of hydrogen-bond acceptors (Lipinski definition) is 3. The number of aliphatic hydroxyl groups is 1. The third-order valence-electron chi connectivity index (χ3n) is 3.27. The van der Waals surface area contributed by atoms with Crippen LogP contribution in [0.5, 0.6) is 0 Å². The van der Waals surface area contributed by atoms with Crippen LogP contribution in [0, 0.1) is 5.41 Å². The van der Waals surface area contributed by atoms with Gasteiger partial charge in [0.25, 0.3) is 0 Å². The number of para-hydroxylation sites is 1. The normalized spacial score (nSPS) is 13.1. The van der Waals surface area contributed by atoms with E-state index >= 15 is 0 Å². The van der Waals surface area contributed by atoms with E-state index in [-0.39, 0.29) is 30.5 Å². The maximum absolute atomic E-state index is 9.40. The first kappa shape index (κ1) is 14.9. The van der Waals surface area contributed by atoms with Gasteiger partial charge < -0.3 is 10.8 Å². The summed E-state index contributed by atoms with van der Waals surface area (Å²) < 4.78 is 0. The van der Waals surface area contributed by atoms with E-state index in [4.69, 9.17) is 5.73 Å². The average Bonchev–Trinajstić information content (AvgIpc) is 2.37. The molecule has 3 nitrogen and oxygen atoms in total. The van der Waals surface area contributed by atoms with E-state index in [9.17, 15) is 5.11 Å². The fraction of sp³-hybridized carbons (Fsp3) is 0.357. The fourth-order valence-electron chi connectivity index (χ4n) is 1.91. The number of pyridine rings is 1. The van der Waals surface area contributed by atoms with Gasteiger partial charge in [-0.05, 0) is 17.7 Å². The summed E-state index contributed by atoms with van der Waals surface area (Å²) in [6.45, 7) is 3.99. The van der Waals surface area contributed by atoms with Crippen molar-refractivity contribution in [3.8, 4) is 0 Å². The highest BCUT2D eigenvalue weighted by Gasteiger charge is 2.28. The maximum atomic E-state index is 9.40. The molecule has 1 atom stereocenters. The summed E-state index contributed by atoms with van der Waals surface area (Å²) in [5.74, 6) is 0. The van der Waals surface area contributed by atoms with Crippen LogP contribution in [0.25, 0.3) is 10.9 Å². The maximum Gasteiger partial charge on any atom is 0.0705 e. The molecule has 0 fully saturated rings. The number of hydrogen-bond donors (Lipinski definition) is 2.